The van der Waals surface area contributed by atoms with Gasteiger partial charge in [0, 0.05) is 0 Å². The third-order valence-electron chi connectivity index (χ3n) is 1.05. The number of furan rings is 1. The summed E-state index contributed by atoms with van der Waals surface area (Å²) in [6.45, 7) is -0.569. The summed E-state index contributed by atoms with van der Waals surface area (Å²) in [6.07, 6.45) is 0. The third-order valence-corrected chi connectivity index (χ3v) is 1.05. The van der Waals surface area contributed by atoms with Crippen molar-refractivity contribution in [2.75, 3.05) is 0 Å². The second-order valence-corrected chi connectivity index (χ2v) is 1.69. The van der Waals surface area contributed by atoms with Gasteiger partial charge in [0.15, 0.2) is 5.76 Å². The summed E-state index contributed by atoms with van der Waals surface area (Å²) in [5.74, 6) is -2.42. The Labute approximate surface area is 55.8 Å². The average molecular weight is 146 g/mol. The van der Waals surface area contributed by atoms with Crippen LogP contribution in [0.2, 0.25) is 0 Å². The second-order valence-electron chi connectivity index (χ2n) is 1.69. The smallest absolute Gasteiger partial charge is 0.330 e. The topological polar surface area (TPSA) is 94.1 Å². The number of hydrogen-bond acceptors (Lipinski definition) is 5. The zero-order valence-corrected chi connectivity index (χ0v) is 4.90. The lowest BCUT2D eigenvalue weighted by Gasteiger charge is -1.86. The molecule has 10 heavy (non-hydrogen) atoms. The molecule has 4 N–H and O–H groups in total. The molecule has 0 saturated heterocycles. The quantitative estimate of drug-likeness (QED) is 0.443. The fourth-order valence-electron chi connectivity index (χ4n) is 0.554. The largest absolute Gasteiger partial charge is 0.502 e. The van der Waals surface area contributed by atoms with Gasteiger partial charge in [-0.2, -0.15) is 0 Å². The van der Waals surface area contributed by atoms with Crippen LogP contribution in [0.4, 0.5) is 0 Å². The lowest BCUT2D eigenvalue weighted by atomic mass is 10.4. The molecular formula is C5H6O5. The number of hydrogen-bond donors (Lipinski definition) is 4. The van der Waals surface area contributed by atoms with Crippen LogP contribution in [0.1, 0.15) is 5.76 Å². The van der Waals surface area contributed by atoms with Gasteiger partial charge in [0.25, 0.3) is 0 Å². The van der Waals surface area contributed by atoms with Crippen molar-refractivity contribution >= 4 is 0 Å². The summed E-state index contributed by atoms with van der Waals surface area (Å²) in [5.41, 5.74) is 0. The fraction of sp³-hybridized carbons (Fsp3) is 0.200. The molecule has 0 aromatic carbocycles. The Hall–Kier alpha value is -1.36. The molecule has 0 fully saturated rings. The standard InChI is InChI=1S/C5H6O5/c6-1-2-3(7)4(8)5(9)10-2/h6-9H,1H2. The van der Waals surface area contributed by atoms with Crippen LogP contribution >= 0.6 is 0 Å². The number of aliphatic hydroxyl groups excluding tert-OH is 1. The Bertz CT molecular complexity index is 238. The number of aromatic hydroxyl groups is 3. The fourth-order valence-corrected chi connectivity index (χ4v) is 0.554. The molecule has 5 nitrogen and oxygen atoms in total. The van der Waals surface area contributed by atoms with Crippen LogP contribution < -0.4 is 0 Å². The zero-order chi connectivity index (χ0) is 7.72. The van der Waals surface area contributed by atoms with Crippen LogP contribution in [0.15, 0.2) is 4.42 Å². The third kappa shape index (κ3) is 0.763. The van der Waals surface area contributed by atoms with Gasteiger partial charge in [-0.1, -0.05) is 0 Å². The van der Waals surface area contributed by atoms with Gasteiger partial charge < -0.3 is 24.8 Å². The first-order chi connectivity index (χ1) is 4.66. The van der Waals surface area contributed by atoms with E-state index in [1.54, 1.807) is 0 Å². The van der Waals surface area contributed by atoms with E-state index in [0.29, 0.717) is 0 Å². The molecule has 0 bridgehead atoms. The summed E-state index contributed by atoms with van der Waals surface area (Å²) >= 11 is 0. The highest BCUT2D eigenvalue weighted by Gasteiger charge is 2.16. The number of rotatable bonds is 1. The first-order valence-electron chi connectivity index (χ1n) is 2.50. The van der Waals surface area contributed by atoms with Crippen molar-refractivity contribution in [3.8, 4) is 17.4 Å². The van der Waals surface area contributed by atoms with Gasteiger partial charge >= 0.3 is 5.95 Å². The van der Waals surface area contributed by atoms with Crippen LogP contribution in [0, 0.1) is 0 Å². The minimum atomic E-state index is -0.790. The second kappa shape index (κ2) is 2.11. The molecule has 0 atom stereocenters. The van der Waals surface area contributed by atoms with E-state index in [2.05, 4.69) is 4.42 Å². The van der Waals surface area contributed by atoms with E-state index in [4.69, 9.17) is 20.4 Å². The summed E-state index contributed by atoms with van der Waals surface area (Å²) < 4.78 is 4.30. The molecule has 1 heterocycles. The normalized spacial score (nSPS) is 10.1. The van der Waals surface area contributed by atoms with E-state index in [9.17, 15) is 0 Å². The van der Waals surface area contributed by atoms with Crippen LogP contribution in [-0.4, -0.2) is 20.4 Å². The van der Waals surface area contributed by atoms with Crippen molar-refractivity contribution in [1.29, 1.82) is 0 Å². The lowest BCUT2D eigenvalue weighted by molar-refractivity contribution is 0.221. The molecular weight excluding hydrogens is 140 g/mol. The van der Waals surface area contributed by atoms with Gasteiger partial charge in [-0.25, -0.2) is 0 Å². The lowest BCUT2D eigenvalue weighted by Crippen LogP contribution is -1.75. The van der Waals surface area contributed by atoms with Gasteiger partial charge in [0.2, 0.25) is 11.5 Å². The molecule has 0 aliphatic rings. The highest BCUT2D eigenvalue weighted by atomic mass is 16.5. The van der Waals surface area contributed by atoms with Crippen LogP contribution in [0.5, 0.6) is 17.4 Å². The van der Waals surface area contributed by atoms with Crippen molar-refractivity contribution < 1.29 is 24.8 Å². The first kappa shape index (κ1) is 6.76. The SMILES string of the molecule is OCc1oc(O)c(O)c1O. The van der Waals surface area contributed by atoms with Gasteiger partial charge in [-0.3, -0.25) is 0 Å². The van der Waals surface area contributed by atoms with E-state index in [-0.39, 0.29) is 5.76 Å². The van der Waals surface area contributed by atoms with E-state index >= 15 is 0 Å². The van der Waals surface area contributed by atoms with E-state index in [1.165, 1.54) is 0 Å². The molecule has 56 valence electrons. The molecule has 0 amide bonds. The van der Waals surface area contributed by atoms with Crippen molar-refractivity contribution in [1.82, 2.24) is 0 Å². The minimum Gasteiger partial charge on any atom is -0.502 e. The maximum absolute atomic E-state index is 8.75. The molecule has 1 aromatic rings. The molecule has 1 aromatic heterocycles. The minimum absolute atomic E-state index is 0.255. The predicted molar refractivity (Wildman–Crippen MR) is 29.6 cm³/mol. The van der Waals surface area contributed by atoms with Gasteiger partial charge in [0.05, 0.1) is 0 Å². The Kier molecular flexibility index (Phi) is 1.42. The maximum Gasteiger partial charge on any atom is 0.330 e. The van der Waals surface area contributed by atoms with Crippen molar-refractivity contribution in [2.24, 2.45) is 0 Å². The molecule has 0 aliphatic heterocycles. The van der Waals surface area contributed by atoms with Crippen LogP contribution in [0.25, 0.3) is 0 Å². The Morgan fingerprint density at radius 2 is 1.70 bits per heavy atom. The summed E-state index contributed by atoms with van der Waals surface area (Å²) in [7, 11) is 0. The van der Waals surface area contributed by atoms with Crippen molar-refractivity contribution in [3.05, 3.63) is 5.76 Å². The Morgan fingerprint density at radius 1 is 1.10 bits per heavy atom. The highest BCUT2D eigenvalue weighted by Crippen LogP contribution is 2.40. The summed E-state index contributed by atoms with van der Waals surface area (Å²) in [4.78, 5) is 0. The monoisotopic (exact) mass is 146 g/mol. The number of aliphatic hydroxyl groups is 1. The molecule has 0 unspecified atom stereocenters. The molecule has 0 radical (unpaired) electrons. The van der Waals surface area contributed by atoms with Crippen molar-refractivity contribution in [3.63, 3.8) is 0 Å². The Balaban J connectivity index is 3.17. The van der Waals surface area contributed by atoms with Crippen LogP contribution in [0.3, 0.4) is 0 Å². The highest BCUT2D eigenvalue weighted by molar-refractivity contribution is 5.46. The first-order valence-corrected chi connectivity index (χ1v) is 2.50. The molecule has 0 spiro atoms. The Morgan fingerprint density at radius 3 is 1.90 bits per heavy atom. The average Bonchev–Trinajstić information content (AvgIpc) is 2.17. The van der Waals surface area contributed by atoms with E-state index in [1.807, 2.05) is 0 Å². The van der Waals surface area contributed by atoms with Crippen LogP contribution in [-0.2, 0) is 6.61 Å². The zero-order valence-electron chi connectivity index (χ0n) is 4.90. The predicted octanol–water partition coefficient (Wildman–Crippen LogP) is -0.111. The van der Waals surface area contributed by atoms with Gasteiger partial charge in [0.1, 0.15) is 6.61 Å². The van der Waals surface area contributed by atoms with Gasteiger partial charge in [-0.15, -0.1) is 0 Å². The van der Waals surface area contributed by atoms with E-state index in [0.717, 1.165) is 0 Å². The van der Waals surface area contributed by atoms with E-state index < -0.39 is 24.1 Å². The van der Waals surface area contributed by atoms with Crippen molar-refractivity contribution in [2.45, 2.75) is 6.61 Å². The molecule has 1 rings (SSSR count). The summed E-state index contributed by atoms with van der Waals surface area (Å²) in [5, 5.41) is 34.4. The van der Waals surface area contributed by atoms with Gasteiger partial charge in [-0.05, 0) is 0 Å². The molecule has 0 aliphatic carbocycles. The summed E-state index contributed by atoms with van der Waals surface area (Å²) in [6, 6.07) is 0. The molecule has 5 heteroatoms. The maximum atomic E-state index is 8.75. The molecule has 0 saturated carbocycles.